The number of methoxy groups -OCH3 is 1. The predicted molar refractivity (Wildman–Crippen MR) is 115 cm³/mol. The molecule has 0 spiro atoms. The van der Waals surface area contributed by atoms with Gasteiger partial charge in [0, 0.05) is 23.4 Å². The average molecular weight is 438 g/mol. The summed E-state index contributed by atoms with van der Waals surface area (Å²) in [5.41, 5.74) is 3.42. The molecule has 0 fully saturated rings. The number of aryl methyl sites for hydroxylation is 1. The molecule has 0 atom stereocenters. The number of nitrogens with zero attached hydrogens (tertiary/aromatic N) is 1. The molecule has 0 bridgehead atoms. The van der Waals surface area contributed by atoms with E-state index in [1.807, 2.05) is 6.92 Å². The van der Waals surface area contributed by atoms with E-state index in [-0.39, 0.29) is 18.2 Å². The molecule has 2 amide bonds. The Morgan fingerprint density at radius 3 is 2.66 bits per heavy atom. The SMILES string of the molecule is COC(=O)c1ccc2c(c1)NC(=O)N(c1cc(OCc3ccc(F)cc3F)ccc1C)C2. The number of urea groups is 1. The number of esters is 1. The molecule has 0 aliphatic carbocycles. The van der Waals surface area contributed by atoms with Crippen LogP contribution in [0.4, 0.5) is 25.0 Å². The smallest absolute Gasteiger partial charge is 0.337 e. The molecule has 1 heterocycles. The van der Waals surface area contributed by atoms with Crippen LogP contribution in [0.1, 0.15) is 27.0 Å². The fourth-order valence-electron chi connectivity index (χ4n) is 3.46. The third-order valence-corrected chi connectivity index (χ3v) is 5.23. The van der Waals surface area contributed by atoms with Gasteiger partial charge in [0.05, 0.1) is 24.9 Å². The normalized spacial score (nSPS) is 12.8. The highest BCUT2D eigenvalue weighted by atomic mass is 19.1. The number of nitrogens with one attached hydrogen (secondary N) is 1. The summed E-state index contributed by atoms with van der Waals surface area (Å²) in [5.74, 6) is -1.38. The molecule has 8 heteroatoms. The van der Waals surface area contributed by atoms with Crippen LogP contribution in [-0.2, 0) is 17.9 Å². The van der Waals surface area contributed by atoms with E-state index in [1.165, 1.54) is 19.2 Å². The maximum atomic E-state index is 13.9. The van der Waals surface area contributed by atoms with Crippen LogP contribution in [0.5, 0.6) is 5.75 Å². The predicted octanol–water partition coefficient (Wildman–Crippen LogP) is 5.19. The first-order valence-electron chi connectivity index (χ1n) is 9.83. The fourth-order valence-corrected chi connectivity index (χ4v) is 3.46. The van der Waals surface area contributed by atoms with E-state index in [0.717, 1.165) is 17.2 Å². The number of halogens is 2. The lowest BCUT2D eigenvalue weighted by Gasteiger charge is -2.31. The Hall–Kier alpha value is -3.94. The molecule has 1 N–H and O–H groups in total. The maximum Gasteiger partial charge on any atom is 0.337 e. The highest BCUT2D eigenvalue weighted by molar-refractivity contribution is 6.05. The van der Waals surface area contributed by atoms with Crippen molar-refractivity contribution in [1.82, 2.24) is 0 Å². The van der Waals surface area contributed by atoms with E-state index in [9.17, 15) is 18.4 Å². The molecule has 0 radical (unpaired) electrons. The summed E-state index contributed by atoms with van der Waals surface area (Å²) in [5, 5.41) is 2.80. The number of anilines is 2. The van der Waals surface area contributed by atoms with Gasteiger partial charge in [0.15, 0.2) is 0 Å². The molecular weight excluding hydrogens is 418 g/mol. The summed E-state index contributed by atoms with van der Waals surface area (Å²) in [6.07, 6.45) is 0. The summed E-state index contributed by atoms with van der Waals surface area (Å²) in [6, 6.07) is 13.2. The average Bonchev–Trinajstić information content (AvgIpc) is 2.78. The van der Waals surface area contributed by atoms with Crippen LogP contribution < -0.4 is 15.0 Å². The van der Waals surface area contributed by atoms with Crippen LogP contribution in [0.25, 0.3) is 0 Å². The highest BCUT2D eigenvalue weighted by Crippen LogP contribution is 2.33. The van der Waals surface area contributed by atoms with Crippen molar-refractivity contribution in [1.29, 1.82) is 0 Å². The Labute approximate surface area is 183 Å². The van der Waals surface area contributed by atoms with Gasteiger partial charge in [-0.15, -0.1) is 0 Å². The van der Waals surface area contributed by atoms with Crippen molar-refractivity contribution in [3.05, 3.63) is 88.5 Å². The van der Waals surface area contributed by atoms with Crippen molar-refractivity contribution in [2.24, 2.45) is 0 Å². The molecule has 0 saturated heterocycles. The molecule has 3 aromatic rings. The van der Waals surface area contributed by atoms with E-state index >= 15 is 0 Å². The molecular formula is C24H20F2N2O4. The van der Waals surface area contributed by atoms with Gasteiger partial charge in [0.1, 0.15) is 24.0 Å². The number of amides is 2. The molecule has 6 nitrogen and oxygen atoms in total. The lowest BCUT2D eigenvalue weighted by atomic mass is 10.1. The van der Waals surface area contributed by atoms with Crippen molar-refractivity contribution in [3.8, 4) is 5.75 Å². The molecule has 1 aliphatic heterocycles. The standard InChI is InChI=1S/C24H20F2N2O4/c1-14-3-8-19(32-13-17-6-7-18(25)10-20(17)26)11-22(14)28-12-16-5-4-15(23(29)31-2)9-21(16)27-24(28)30/h3-11H,12-13H2,1-2H3,(H,27,30). The van der Waals surface area contributed by atoms with Gasteiger partial charge < -0.3 is 14.8 Å². The minimum Gasteiger partial charge on any atom is -0.489 e. The highest BCUT2D eigenvalue weighted by Gasteiger charge is 2.26. The van der Waals surface area contributed by atoms with E-state index in [4.69, 9.17) is 9.47 Å². The first-order chi connectivity index (χ1) is 15.4. The molecule has 1 aliphatic rings. The van der Waals surface area contributed by atoms with Gasteiger partial charge in [0.25, 0.3) is 0 Å². The summed E-state index contributed by atoms with van der Waals surface area (Å²) in [7, 11) is 1.30. The quantitative estimate of drug-likeness (QED) is 0.557. The van der Waals surface area contributed by atoms with Crippen LogP contribution in [-0.4, -0.2) is 19.1 Å². The third kappa shape index (κ3) is 4.25. The van der Waals surface area contributed by atoms with Crippen molar-refractivity contribution in [2.75, 3.05) is 17.3 Å². The van der Waals surface area contributed by atoms with Crippen LogP contribution in [0.3, 0.4) is 0 Å². The summed E-state index contributed by atoms with van der Waals surface area (Å²) in [6.45, 7) is 2.07. The number of fused-ring (bicyclic) bond motifs is 1. The number of hydrogen-bond acceptors (Lipinski definition) is 4. The Morgan fingerprint density at radius 1 is 1.09 bits per heavy atom. The van der Waals surface area contributed by atoms with Gasteiger partial charge in [0.2, 0.25) is 0 Å². The topological polar surface area (TPSA) is 67.9 Å². The molecule has 32 heavy (non-hydrogen) atoms. The number of benzene rings is 3. The Balaban J connectivity index is 1.55. The second-order valence-electron chi connectivity index (χ2n) is 7.35. The van der Waals surface area contributed by atoms with Crippen LogP contribution >= 0.6 is 0 Å². The zero-order valence-electron chi connectivity index (χ0n) is 17.4. The summed E-state index contributed by atoms with van der Waals surface area (Å²) >= 11 is 0. The van der Waals surface area contributed by atoms with Gasteiger partial charge in [-0.05, 0) is 48.4 Å². The number of carbonyl (C=O) groups excluding carboxylic acids is 2. The second kappa shape index (κ2) is 8.66. The summed E-state index contributed by atoms with van der Waals surface area (Å²) < 4.78 is 37.4. The van der Waals surface area contributed by atoms with Crippen molar-refractivity contribution in [2.45, 2.75) is 20.1 Å². The minimum atomic E-state index is -0.685. The first kappa shape index (κ1) is 21.3. The van der Waals surface area contributed by atoms with E-state index in [0.29, 0.717) is 29.2 Å². The van der Waals surface area contributed by atoms with Crippen molar-refractivity contribution < 1.29 is 27.8 Å². The van der Waals surface area contributed by atoms with Gasteiger partial charge in [-0.2, -0.15) is 0 Å². The van der Waals surface area contributed by atoms with Crippen LogP contribution in [0.2, 0.25) is 0 Å². The molecule has 3 aromatic carbocycles. The van der Waals surface area contributed by atoms with E-state index < -0.39 is 17.6 Å². The van der Waals surface area contributed by atoms with E-state index in [1.54, 1.807) is 41.3 Å². The van der Waals surface area contributed by atoms with Crippen molar-refractivity contribution >= 4 is 23.4 Å². The lowest BCUT2D eigenvalue weighted by molar-refractivity contribution is 0.0600. The first-order valence-corrected chi connectivity index (χ1v) is 9.83. The lowest BCUT2D eigenvalue weighted by Crippen LogP contribution is -2.39. The zero-order valence-corrected chi connectivity index (χ0v) is 17.4. The van der Waals surface area contributed by atoms with Crippen LogP contribution in [0, 0.1) is 18.6 Å². The van der Waals surface area contributed by atoms with Gasteiger partial charge in [-0.3, -0.25) is 4.90 Å². The third-order valence-electron chi connectivity index (χ3n) is 5.23. The molecule has 0 unspecified atom stereocenters. The molecule has 0 saturated carbocycles. The second-order valence-corrected chi connectivity index (χ2v) is 7.35. The maximum absolute atomic E-state index is 13.9. The Morgan fingerprint density at radius 2 is 1.91 bits per heavy atom. The van der Waals surface area contributed by atoms with Crippen LogP contribution in [0.15, 0.2) is 54.6 Å². The van der Waals surface area contributed by atoms with E-state index in [2.05, 4.69) is 5.32 Å². The molecule has 0 aromatic heterocycles. The van der Waals surface area contributed by atoms with Crippen molar-refractivity contribution in [3.63, 3.8) is 0 Å². The molecule has 164 valence electrons. The Kier molecular flexibility index (Phi) is 5.77. The fraction of sp³-hybridized carbons (Fsp3) is 0.167. The van der Waals surface area contributed by atoms with Gasteiger partial charge in [-0.25, -0.2) is 18.4 Å². The van der Waals surface area contributed by atoms with Gasteiger partial charge >= 0.3 is 12.0 Å². The largest absolute Gasteiger partial charge is 0.489 e. The number of ether oxygens (including phenoxy) is 2. The Bertz CT molecular complexity index is 1210. The number of rotatable bonds is 5. The van der Waals surface area contributed by atoms with Gasteiger partial charge in [-0.1, -0.05) is 12.1 Å². The number of carbonyl (C=O) groups is 2. The summed E-state index contributed by atoms with van der Waals surface area (Å²) in [4.78, 5) is 26.1. The number of hydrogen-bond donors (Lipinski definition) is 1. The monoisotopic (exact) mass is 438 g/mol. The molecule has 4 rings (SSSR count). The zero-order chi connectivity index (χ0) is 22.8. The minimum absolute atomic E-state index is 0.0834.